The molecule has 1 spiro atoms. The molecule has 0 radical (unpaired) electrons. The van der Waals surface area contributed by atoms with Crippen molar-refractivity contribution < 1.29 is 10.0 Å². The van der Waals surface area contributed by atoms with Crippen LogP contribution in [0.1, 0.15) is 18.4 Å². The molecule has 1 aromatic carbocycles. The van der Waals surface area contributed by atoms with E-state index in [9.17, 15) is 10.0 Å². The minimum Gasteiger partial charge on any atom is -0.427 e. The summed E-state index contributed by atoms with van der Waals surface area (Å²) in [6.07, 6.45) is 3.44. The van der Waals surface area contributed by atoms with Gasteiger partial charge in [-0.3, -0.25) is 0 Å². The van der Waals surface area contributed by atoms with E-state index >= 15 is 0 Å². The molecule has 0 atom stereocenters. The van der Waals surface area contributed by atoms with Crippen molar-refractivity contribution >= 4 is 23.8 Å². The number of anilines is 1. The number of aryl methyl sites for hydroxylation is 1. The Morgan fingerprint density at radius 3 is 2.71 bits per heavy atom. The van der Waals surface area contributed by atoms with Crippen LogP contribution in [0.25, 0.3) is 10.9 Å². The summed E-state index contributed by atoms with van der Waals surface area (Å²) in [5, 5.41) is 19.5. The van der Waals surface area contributed by atoms with Gasteiger partial charge in [-0.25, -0.2) is 9.97 Å². The number of aromatic nitrogens is 2. The van der Waals surface area contributed by atoms with Crippen LogP contribution in [0.5, 0.6) is 0 Å². The molecule has 2 heterocycles. The fraction of sp³-hybridized carbons (Fsp3) is 0.467. The first-order chi connectivity index (χ1) is 10.1. The zero-order valence-electron chi connectivity index (χ0n) is 12.0. The maximum absolute atomic E-state index is 9.20. The standard InChI is InChI=1S/C15H18BN3O2/c1-10-2-3-12-13(4-10)17-9-18-14(12)19-7-15(8-19)5-11(6-15)16(20)21/h2-4,9,11,20-21H,5-8H2,1H3. The second-order valence-electron chi connectivity index (χ2n) is 6.66. The Kier molecular flexibility index (Phi) is 2.74. The average molecular weight is 283 g/mol. The number of fused-ring (bicyclic) bond motifs is 1. The molecule has 0 unspecified atom stereocenters. The lowest BCUT2D eigenvalue weighted by molar-refractivity contribution is 0.0755. The monoisotopic (exact) mass is 283 g/mol. The summed E-state index contributed by atoms with van der Waals surface area (Å²) < 4.78 is 0. The van der Waals surface area contributed by atoms with Gasteiger partial charge in [0.05, 0.1) is 5.52 Å². The van der Waals surface area contributed by atoms with Crippen LogP contribution < -0.4 is 4.90 Å². The minimum atomic E-state index is -1.16. The van der Waals surface area contributed by atoms with Crippen molar-refractivity contribution in [3.8, 4) is 0 Å². The topological polar surface area (TPSA) is 69.5 Å². The molecule has 2 fully saturated rings. The number of benzene rings is 1. The molecule has 5 nitrogen and oxygen atoms in total. The van der Waals surface area contributed by atoms with Gasteiger partial charge in [-0.1, -0.05) is 6.07 Å². The molecule has 4 rings (SSSR count). The lowest BCUT2D eigenvalue weighted by Crippen LogP contribution is -2.63. The molecule has 2 aliphatic rings. The maximum Gasteiger partial charge on any atom is 0.454 e. The molecular formula is C15H18BN3O2. The summed E-state index contributed by atoms with van der Waals surface area (Å²) in [7, 11) is -1.16. The molecule has 1 aromatic heterocycles. The molecule has 0 amide bonds. The maximum atomic E-state index is 9.20. The Hall–Kier alpha value is -1.66. The van der Waals surface area contributed by atoms with Crippen LogP contribution in [-0.2, 0) is 0 Å². The van der Waals surface area contributed by atoms with Gasteiger partial charge in [0.25, 0.3) is 0 Å². The van der Waals surface area contributed by atoms with E-state index in [0.29, 0.717) is 0 Å². The zero-order valence-corrected chi connectivity index (χ0v) is 12.0. The lowest BCUT2D eigenvalue weighted by atomic mass is 9.47. The van der Waals surface area contributed by atoms with Crippen molar-refractivity contribution in [1.29, 1.82) is 0 Å². The molecule has 1 saturated carbocycles. The Morgan fingerprint density at radius 1 is 1.24 bits per heavy atom. The number of nitrogens with zero attached hydrogens (tertiary/aromatic N) is 3. The first-order valence-corrected chi connectivity index (χ1v) is 7.39. The van der Waals surface area contributed by atoms with E-state index in [4.69, 9.17) is 0 Å². The quantitative estimate of drug-likeness (QED) is 0.815. The van der Waals surface area contributed by atoms with Crippen molar-refractivity contribution in [2.45, 2.75) is 25.6 Å². The van der Waals surface area contributed by atoms with Crippen LogP contribution in [-0.4, -0.2) is 40.2 Å². The smallest absolute Gasteiger partial charge is 0.427 e. The van der Waals surface area contributed by atoms with Crippen molar-refractivity contribution in [1.82, 2.24) is 9.97 Å². The zero-order chi connectivity index (χ0) is 14.6. The van der Waals surface area contributed by atoms with Gasteiger partial charge in [0.1, 0.15) is 12.1 Å². The predicted octanol–water partition coefficient (Wildman–Crippen LogP) is 1.38. The van der Waals surface area contributed by atoms with Gasteiger partial charge in [0.15, 0.2) is 0 Å². The summed E-state index contributed by atoms with van der Waals surface area (Å²) >= 11 is 0. The van der Waals surface area contributed by atoms with E-state index in [1.165, 1.54) is 5.56 Å². The van der Waals surface area contributed by atoms with Crippen LogP contribution in [0, 0.1) is 12.3 Å². The van der Waals surface area contributed by atoms with E-state index in [1.807, 2.05) is 0 Å². The van der Waals surface area contributed by atoms with Crippen LogP contribution in [0.15, 0.2) is 24.5 Å². The van der Waals surface area contributed by atoms with Crippen molar-refractivity contribution in [3.05, 3.63) is 30.1 Å². The molecular weight excluding hydrogens is 265 g/mol. The van der Waals surface area contributed by atoms with Crippen LogP contribution in [0.3, 0.4) is 0 Å². The van der Waals surface area contributed by atoms with Gasteiger partial charge >= 0.3 is 7.12 Å². The van der Waals surface area contributed by atoms with Gasteiger partial charge < -0.3 is 14.9 Å². The molecule has 0 bridgehead atoms. The van der Waals surface area contributed by atoms with Gasteiger partial charge in [0.2, 0.25) is 0 Å². The fourth-order valence-electron chi connectivity index (χ4n) is 3.84. The lowest BCUT2D eigenvalue weighted by Gasteiger charge is -2.59. The largest absolute Gasteiger partial charge is 0.454 e. The van der Waals surface area contributed by atoms with Gasteiger partial charge in [-0.05, 0) is 43.3 Å². The molecule has 108 valence electrons. The molecule has 21 heavy (non-hydrogen) atoms. The summed E-state index contributed by atoms with van der Waals surface area (Å²) in [5.74, 6) is 1.05. The van der Waals surface area contributed by atoms with Crippen LogP contribution >= 0.6 is 0 Å². The van der Waals surface area contributed by atoms with Crippen molar-refractivity contribution in [2.24, 2.45) is 5.41 Å². The fourth-order valence-corrected chi connectivity index (χ4v) is 3.84. The molecule has 1 aliphatic heterocycles. The Morgan fingerprint density at radius 2 is 2.00 bits per heavy atom. The van der Waals surface area contributed by atoms with E-state index in [1.54, 1.807) is 6.33 Å². The highest BCUT2D eigenvalue weighted by molar-refractivity contribution is 6.43. The highest BCUT2D eigenvalue weighted by Gasteiger charge is 2.55. The Labute approximate surface area is 123 Å². The average Bonchev–Trinajstić information content (AvgIpc) is 2.34. The van der Waals surface area contributed by atoms with E-state index in [-0.39, 0.29) is 11.2 Å². The van der Waals surface area contributed by atoms with E-state index in [2.05, 4.69) is 40.0 Å². The molecule has 1 aliphatic carbocycles. The first-order valence-electron chi connectivity index (χ1n) is 7.39. The molecule has 1 saturated heterocycles. The number of hydrogen-bond donors (Lipinski definition) is 2. The summed E-state index contributed by atoms with van der Waals surface area (Å²) in [6, 6.07) is 6.26. The van der Waals surface area contributed by atoms with Crippen LogP contribution in [0.2, 0.25) is 5.82 Å². The summed E-state index contributed by atoms with van der Waals surface area (Å²) in [5.41, 5.74) is 2.46. The van der Waals surface area contributed by atoms with E-state index < -0.39 is 7.12 Å². The summed E-state index contributed by atoms with van der Waals surface area (Å²) in [4.78, 5) is 11.1. The second kappa shape index (κ2) is 4.42. The van der Waals surface area contributed by atoms with Gasteiger partial charge in [-0.2, -0.15) is 0 Å². The van der Waals surface area contributed by atoms with Crippen LogP contribution in [0.4, 0.5) is 5.82 Å². The number of rotatable bonds is 2. The highest BCUT2D eigenvalue weighted by atomic mass is 16.4. The molecule has 2 aromatic rings. The molecule has 2 N–H and O–H groups in total. The SMILES string of the molecule is Cc1ccc2c(N3CC4(CC(B(O)O)C4)C3)ncnc2c1. The normalized spacial score (nSPS) is 20.4. The van der Waals surface area contributed by atoms with Crippen molar-refractivity contribution in [3.63, 3.8) is 0 Å². The highest BCUT2D eigenvalue weighted by Crippen LogP contribution is 2.56. The third-order valence-corrected chi connectivity index (χ3v) is 4.94. The van der Waals surface area contributed by atoms with Gasteiger partial charge in [0, 0.05) is 23.9 Å². The first kappa shape index (κ1) is 13.0. The Balaban J connectivity index is 1.55. The Bertz CT molecular complexity index is 692. The van der Waals surface area contributed by atoms with E-state index in [0.717, 1.165) is 42.7 Å². The number of hydrogen-bond acceptors (Lipinski definition) is 5. The predicted molar refractivity (Wildman–Crippen MR) is 82.1 cm³/mol. The summed E-state index contributed by atoms with van der Waals surface area (Å²) in [6.45, 7) is 3.97. The second-order valence-corrected chi connectivity index (χ2v) is 6.66. The van der Waals surface area contributed by atoms with Crippen molar-refractivity contribution in [2.75, 3.05) is 18.0 Å². The molecule has 6 heteroatoms. The third-order valence-electron chi connectivity index (χ3n) is 4.94. The third kappa shape index (κ3) is 2.01. The minimum absolute atomic E-state index is 0.0527. The van der Waals surface area contributed by atoms with Gasteiger partial charge in [-0.15, -0.1) is 0 Å².